The molecule has 18 heavy (non-hydrogen) atoms. The highest BCUT2D eigenvalue weighted by Crippen LogP contribution is 2.13. The lowest BCUT2D eigenvalue weighted by Crippen LogP contribution is -2.39. The maximum Gasteiger partial charge on any atom is 0.0833 e. The molecule has 0 spiro atoms. The van der Waals surface area contributed by atoms with Gasteiger partial charge in [0.1, 0.15) is 0 Å². The molecule has 1 unspecified atom stereocenters. The molecule has 0 fully saturated rings. The van der Waals surface area contributed by atoms with Crippen LogP contribution in [0.3, 0.4) is 0 Å². The average Bonchev–Trinajstić information content (AvgIpc) is 2.29. The topological polar surface area (TPSA) is 35.5 Å². The third-order valence-corrected chi connectivity index (χ3v) is 3.65. The maximum atomic E-state index is 10.0. The number of anilines is 1. The lowest BCUT2D eigenvalue weighted by atomic mass is 10.1. The van der Waals surface area contributed by atoms with Crippen molar-refractivity contribution in [2.45, 2.75) is 19.1 Å². The number of benzene rings is 1. The summed E-state index contributed by atoms with van der Waals surface area (Å²) in [6.45, 7) is 3.27. The molecule has 0 bridgehead atoms. The molecule has 1 aromatic carbocycles. The molecule has 0 heterocycles. The first-order valence-electron chi connectivity index (χ1n) is 6.13. The number of nitrogens with zero attached hydrogens (tertiary/aromatic N) is 1. The van der Waals surface area contributed by atoms with Gasteiger partial charge < -0.3 is 15.3 Å². The molecule has 2 N–H and O–H groups in total. The van der Waals surface area contributed by atoms with Gasteiger partial charge in [-0.3, -0.25) is 0 Å². The maximum absolute atomic E-state index is 10.0. The second kappa shape index (κ2) is 7.02. The van der Waals surface area contributed by atoms with Crippen molar-refractivity contribution in [3.05, 3.63) is 29.8 Å². The summed E-state index contributed by atoms with van der Waals surface area (Å²) in [6.07, 6.45) is 2.01. The van der Waals surface area contributed by atoms with Gasteiger partial charge in [0.05, 0.1) is 5.60 Å². The summed E-state index contributed by atoms with van der Waals surface area (Å²) in [5.41, 5.74) is 1.80. The van der Waals surface area contributed by atoms with Crippen LogP contribution < -0.4 is 10.2 Å². The van der Waals surface area contributed by atoms with Crippen LogP contribution in [0.25, 0.3) is 0 Å². The van der Waals surface area contributed by atoms with Gasteiger partial charge in [0.25, 0.3) is 0 Å². The number of rotatable bonds is 7. The minimum atomic E-state index is -0.636. The fourth-order valence-corrected chi connectivity index (χ4v) is 2.47. The van der Waals surface area contributed by atoms with Gasteiger partial charge in [0, 0.05) is 38.6 Å². The molecule has 102 valence electrons. The summed E-state index contributed by atoms with van der Waals surface area (Å²) >= 11 is 1.66. The average molecular weight is 268 g/mol. The molecule has 0 radical (unpaired) electrons. The fraction of sp³-hybridized carbons (Fsp3) is 0.571. The third kappa shape index (κ3) is 5.29. The Kier molecular flexibility index (Phi) is 5.99. The van der Waals surface area contributed by atoms with E-state index in [2.05, 4.69) is 34.5 Å². The predicted molar refractivity (Wildman–Crippen MR) is 81.5 cm³/mol. The molecular weight excluding hydrogens is 244 g/mol. The molecule has 1 atom stereocenters. The Morgan fingerprint density at radius 1 is 1.28 bits per heavy atom. The number of hydrogen-bond donors (Lipinski definition) is 2. The molecule has 3 nitrogen and oxygen atoms in total. The summed E-state index contributed by atoms with van der Waals surface area (Å²) < 4.78 is 0. The first-order valence-corrected chi connectivity index (χ1v) is 7.52. The van der Waals surface area contributed by atoms with Crippen molar-refractivity contribution < 1.29 is 5.11 Å². The lowest BCUT2D eigenvalue weighted by Gasteiger charge is -2.22. The van der Waals surface area contributed by atoms with E-state index in [0.717, 1.165) is 12.3 Å². The molecule has 0 amide bonds. The summed E-state index contributed by atoms with van der Waals surface area (Å²) in [6, 6.07) is 8.45. The fourth-order valence-electron chi connectivity index (χ4n) is 1.75. The van der Waals surface area contributed by atoms with Gasteiger partial charge in [0.2, 0.25) is 0 Å². The number of hydrogen-bond acceptors (Lipinski definition) is 4. The largest absolute Gasteiger partial charge is 0.388 e. The minimum Gasteiger partial charge on any atom is -0.388 e. The van der Waals surface area contributed by atoms with E-state index in [1.165, 1.54) is 11.3 Å². The highest BCUT2D eigenvalue weighted by atomic mass is 32.2. The first kappa shape index (κ1) is 15.3. The smallest absolute Gasteiger partial charge is 0.0833 e. The van der Waals surface area contributed by atoms with E-state index in [9.17, 15) is 5.11 Å². The zero-order valence-electron chi connectivity index (χ0n) is 11.7. The monoisotopic (exact) mass is 268 g/mol. The standard InChI is InChI=1S/C14H24N2OS/c1-14(17,11-18-4)10-15-9-12-5-7-13(8-6-12)16(2)3/h5-8,15,17H,9-11H2,1-4H3. The van der Waals surface area contributed by atoms with Gasteiger partial charge in [-0.2, -0.15) is 11.8 Å². The van der Waals surface area contributed by atoms with Gasteiger partial charge in [-0.15, -0.1) is 0 Å². The van der Waals surface area contributed by atoms with Crippen molar-refractivity contribution in [3.63, 3.8) is 0 Å². The first-order chi connectivity index (χ1) is 8.44. The molecule has 1 aromatic rings. The van der Waals surface area contributed by atoms with Crippen LogP contribution in [0, 0.1) is 0 Å². The van der Waals surface area contributed by atoms with Crippen LogP contribution in [-0.4, -0.2) is 43.4 Å². The van der Waals surface area contributed by atoms with E-state index in [1.54, 1.807) is 11.8 Å². The van der Waals surface area contributed by atoms with Crippen molar-refractivity contribution >= 4 is 17.4 Å². The Balaban J connectivity index is 2.40. The van der Waals surface area contributed by atoms with Gasteiger partial charge in [-0.05, 0) is 30.9 Å². The molecule has 0 saturated carbocycles. The zero-order chi connectivity index (χ0) is 13.6. The highest BCUT2D eigenvalue weighted by molar-refractivity contribution is 7.98. The van der Waals surface area contributed by atoms with E-state index in [4.69, 9.17) is 0 Å². The van der Waals surface area contributed by atoms with E-state index in [0.29, 0.717) is 6.54 Å². The Labute approximate surface area is 115 Å². The third-order valence-electron chi connectivity index (χ3n) is 2.74. The van der Waals surface area contributed by atoms with Crippen LogP contribution >= 0.6 is 11.8 Å². The van der Waals surface area contributed by atoms with Gasteiger partial charge in [-0.1, -0.05) is 12.1 Å². The molecule has 1 rings (SSSR count). The molecular formula is C14H24N2OS. The number of nitrogens with one attached hydrogen (secondary N) is 1. The Bertz CT molecular complexity index is 349. The summed E-state index contributed by atoms with van der Waals surface area (Å²) in [5, 5.41) is 13.3. The zero-order valence-corrected chi connectivity index (χ0v) is 12.5. The van der Waals surface area contributed by atoms with Crippen LogP contribution in [0.2, 0.25) is 0 Å². The van der Waals surface area contributed by atoms with Crippen molar-refractivity contribution in [1.82, 2.24) is 5.32 Å². The van der Waals surface area contributed by atoms with Crippen molar-refractivity contribution in [1.29, 1.82) is 0 Å². The molecule has 0 aliphatic carbocycles. The predicted octanol–water partition coefficient (Wildman–Crippen LogP) is 1.96. The lowest BCUT2D eigenvalue weighted by molar-refractivity contribution is 0.0846. The van der Waals surface area contributed by atoms with Crippen molar-refractivity contribution in [2.24, 2.45) is 0 Å². The number of aliphatic hydroxyl groups is 1. The highest BCUT2D eigenvalue weighted by Gasteiger charge is 2.18. The van der Waals surface area contributed by atoms with Crippen LogP contribution in [0.5, 0.6) is 0 Å². The van der Waals surface area contributed by atoms with Crippen molar-refractivity contribution in [2.75, 3.05) is 37.5 Å². The molecule has 0 aliphatic heterocycles. The molecule has 0 saturated heterocycles. The van der Waals surface area contributed by atoms with E-state index < -0.39 is 5.60 Å². The molecule has 0 aromatic heterocycles. The van der Waals surface area contributed by atoms with Crippen molar-refractivity contribution in [3.8, 4) is 0 Å². The second-order valence-corrected chi connectivity index (χ2v) is 5.96. The Morgan fingerprint density at radius 2 is 1.89 bits per heavy atom. The Morgan fingerprint density at radius 3 is 2.39 bits per heavy atom. The van der Waals surface area contributed by atoms with Gasteiger partial charge in [-0.25, -0.2) is 0 Å². The molecule has 4 heteroatoms. The summed E-state index contributed by atoms with van der Waals surface area (Å²) in [7, 11) is 4.07. The van der Waals surface area contributed by atoms with Crippen LogP contribution in [0.15, 0.2) is 24.3 Å². The normalized spacial score (nSPS) is 14.3. The second-order valence-electron chi connectivity index (χ2n) is 5.09. The van der Waals surface area contributed by atoms with Crippen LogP contribution in [-0.2, 0) is 6.54 Å². The molecule has 0 aliphatic rings. The van der Waals surface area contributed by atoms with Gasteiger partial charge >= 0.3 is 0 Å². The van der Waals surface area contributed by atoms with E-state index in [-0.39, 0.29) is 0 Å². The van der Waals surface area contributed by atoms with Crippen LogP contribution in [0.4, 0.5) is 5.69 Å². The Hall–Kier alpha value is -0.710. The quantitative estimate of drug-likeness (QED) is 0.792. The minimum absolute atomic E-state index is 0.614. The SMILES string of the molecule is CSCC(C)(O)CNCc1ccc(N(C)C)cc1. The van der Waals surface area contributed by atoms with Crippen LogP contribution in [0.1, 0.15) is 12.5 Å². The van der Waals surface area contributed by atoms with Gasteiger partial charge in [0.15, 0.2) is 0 Å². The summed E-state index contributed by atoms with van der Waals surface area (Å²) in [5.74, 6) is 0.750. The van der Waals surface area contributed by atoms with E-state index in [1.807, 2.05) is 27.3 Å². The number of thioether (sulfide) groups is 1. The van der Waals surface area contributed by atoms with E-state index >= 15 is 0 Å². The summed E-state index contributed by atoms with van der Waals surface area (Å²) in [4.78, 5) is 2.08.